The molecule has 1 fully saturated rings. The predicted octanol–water partition coefficient (Wildman–Crippen LogP) is 1.57. The third kappa shape index (κ3) is 4.20. The zero-order valence-electron chi connectivity index (χ0n) is 15.7. The summed E-state index contributed by atoms with van der Waals surface area (Å²) in [5.41, 5.74) is 8.27. The van der Waals surface area contributed by atoms with E-state index in [0.717, 1.165) is 11.1 Å². The Labute approximate surface area is 163 Å². The van der Waals surface area contributed by atoms with E-state index in [1.165, 1.54) is 11.8 Å². The first-order chi connectivity index (χ1) is 13.4. The predicted molar refractivity (Wildman–Crippen MR) is 104 cm³/mol. The van der Waals surface area contributed by atoms with Crippen LogP contribution in [0.3, 0.4) is 0 Å². The Bertz CT molecular complexity index is 895. The van der Waals surface area contributed by atoms with Crippen molar-refractivity contribution >= 4 is 17.8 Å². The van der Waals surface area contributed by atoms with Gasteiger partial charge in [-0.3, -0.25) is 14.5 Å². The van der Waals surface area contributed by atoms with E-state index in [0.29, 0.717) is 31.7 Å². The van der Waals surface area contributed by atoms with Crippen molar-refractivity contribution in [1.82, 2.24) is 9.80 Å². The van der Waals surface area contributed by atoms with Gasteiger partial charge in [-0.2, -0.15) is 0 Å². The van der Waals surface area contributed by atoms with Crippen molar-refractivity contribution in [2.45, 2.75) is 19.5 Å². The van der Waals surface area contributed by atoms with Crippen molar-refractivity contribution in [2.75, 3.05) is 19.6 Å². The Morgan fingerprint density at radius 2 is 1.75 bits per heavy atom. The molecule has 1 atom stereocenters. The molecule has 0 aliphatic carbocycles. The van der Waals surface area contributed by atoms with Crippen LogP contribution >= 0.6 is 0 Å². The summed E-state index contributed by atoms with van der Waals surface area (Å²) in [4.78, 5) is 38.4. The van der Waals surface area contributed by atoms with Gasteiger partial charge >= 0.3 is 5.97 Å². The molecule has 1 saturated heterocycles. The lowest BCUT2D eigenvalue weighted by Crippen LogP contribution is -2.59. The number of nitrogens with zero attached hydrogens (tertiary/aromatic N) is 2. The lowest BCUT2D eigenvalue weighted by atomic mass is 9.98. The van der Waals surface area contributed by atoms with Crippen LogP contribution in [0.2, 0.25) is 0 Å². The van der Waals surface area contributed by atoms with Gasteiger partial charge in [-0.15, -0.1) is 0 Å². The monoisotopic (exact) mass is 381 g/mol. The quantitative estimate of drug-likeness (QED) is 0.818. The molecule has 1 unspecified atom stereocenters. The van der Waals surface area contributed by atoms with E-state index >= 15 is 0 Å². The van der Waals surface area contributed by atoms with Crippen LogP contribution in [0.1, 0.15) is 22.8 Å². The smallest absolute Gasteiger partial charge is 0.336 e. The molecule has 7 heteroatoms. The molecule has 7 nitrogen and oxygen atoms in total. The molecule has 2 aromatic rings. The number of hydrogen-bond acceptors (Lipinski definition) is 4. The Hall–Kier alpha value is -3.19. The number of benzene rings is 2. The van der Waals surface area contributed by atoms with E-state index in [1.54, 1.807) is 18.2 Å². The largest absolute Gasteiger partial charge is 0.478 e. The van der Waals surface area contributed by atoms with Crippen molar-refractivity contribution < 1.29 is 19.5 Å². The highest BCUT2D eigenvalue weighted by Gasteiger charge is 2.32. The van der Waals surface area contributed by atoms with Crippen LogP contribution in [0.5, 0.6) is 0 Å². The van der Waals surface area contributed by atoms with Crippen molar-refractivity contribution in [3.05, 3.63) is 59.7 Å². The summed E-state index contributed by atoms with van der Waals surface area (Å²) in [6, 6.07) is 14.0. The maximum absolute atomic E-state index is 11.7. The summed E-state index contributed by atoms with van der Waals surface area (Å²) >= 11 is 0. The third-order valence-corrected chi connectivity index (χ3v) is 5.03. The summed E-state index contributed by atoms with van der Waals surface area (Å²) in [5, 5.41) is 9.36. The van der Waals surface area contributed by atoms with Gasteiger partial charge in [0.1, 0.15) is 6.04 Å². The van der Waals surface area contributed by atoms with Crippen LogP contribution in [0.4, 0.5) is 0 Å². The highest BCUT2D eigenvalue weighted by atomic mass is 16.4. The molecule has 2 amide bonds. The van der Waals surface area contributed by atoms with Crippen LogP contribution < -0.4 is 5.73 Å². The van der Waals surface area contributed by atoms with Crippen molar-refractivity contribution in [2.24, 2.45) is 5.73 Å². The fourth-order valence-corrected chi connectivity index (χ4v) is 3.57. The van der Waals surface area contributed by atoms with E-state index < -0.39 is 17.9 Å². The van der Waals surface area contributed by atoms with Crippen molar-refractivity contribution in [1.29, 1.82) is 0 Å². The van der Waals surface area contributed by atoms with E-state index in [-0.39, 0.29) is 11.5 Å². The lowest BCUT2D eigenvalue weighted by molar-refractivity contribution is -0.141. The SMILES string of the molecule is CC(=O)N1CCN(Cc2ccc(-c3ccccc3C(=O)O)cc2)CC1C(N)=O. The summed E-state index contributed by atoms with van der Waals surface area (Å²) in [6.07, 6.45) is 0. The number of piperazine rings is 1. The molecule has 146 valence electrons. The Morgan fingerprint density at radius 3 is 2.36 bits per heavy atom. The molecule has 2 aromatic carbocycles. The van der Waals surface area contributed by atoms with Crippen molar-refractivity contribution in [3.63, 3.8) is 0 Å². The average Bonchev–Trinajstić information content (AvgIpc) is 2.68. The van der Waals surface area contributed by atoms with Gasteiger partial charge in [0.05, 0.1) is 5.56 Å². The molecule has 3 N–H and O–H groups in total. The van der Waals surface area contributed by atoms with Gasteiger partial charge in [-0.05, 0) is 22.8 Å². The Kier molecular flexibility index (Phi) is 5.75. The summed E-state index contributed by atoms with van der Waals surface area (Å²) in [7, 11) is 0. The molecule has 0 aromatic heterocycles. The number of amides is 2. The van der Waals surface area contributed by atoms with Crippen LogP contribution in [-0.4, -0.2) is 58.4 Å². The first kappa shape index (κ1) is 19.6. The number of rotatable bonds is 5. The number of nitrogens with two attached hydrogens (primary N) is 1. The first-order valence-corrected chi connectivity index (χ1v) is 9.07. The average molecular weight is 381 g/mol. The Morgan fingerprint density at radius 1 is 1.07 bits per heavy atom. The van der Waals surface area contributed by atoms with Gasteiger partial charge in [0, 0.05) is 33.1 Å². The maximum Gasteiger partial charge on any atom is 0.336 e. The number of carbonyl (C=O) groups excluding carboxylic acids is 2. The molecule has 0 radical (unpaired) electrons. The van der Waals surface area contributed by atoms with Gasteiger partial charge < -0.3 is 15.7 Å². The molecule has 1 heterocycles. The van der Waals surface area contributed by atoms with E-state index in [1.807, 2.05) is 30.3 Å². The molecule has 3 rings (SSSR count). The van der Waals surface area contributed by atoms with Crippen LogP contribution in [0.15, 0.2) is 48.5 Å². The fourth-order valence-electron chi connectivity index (χ4n) is 3.57. The molecule has 1 aliphatic rings. The minimum absolute atomic E-state index is 0.148. The van der Waals surface area contributed by atoms with Gasteiger partial charge in [-0.1, -0.05) is 42.5 Å². The summed E-state index contributed by atoms with van der Waals surface area (Å²) < 4.78 is 0. The normalized spacial score (nSPS) is 17.3. The molecule has 0 bridgehead atoms. The fraction of sp³-hybridized carbons (Fsp3) is 0.286. The molecule has 1 aliphatic heterocycles. The van der Waals surface area contributed by atoms with Gasteiger partial charge in [-0.25, -0.2) is 4.79 Å². The first-order valence-electron chi connectivity index (χ1n) is 9.07. The standard InChI is InChI=1S/C21H23N3O4/c1-14(25)24-11-10-23(13-19(24)20(22)26)12-15-6-8-16(9-7-15)17-4-2-3-5-18(17)21(27)28/h2-9,19H,10-13H2,1H3,(H2,22,26)(H,27,28). The number of aromatic carboxylic acids is 1. The second kappa shape index (κ2) is 8.22. The minimum atomic E-state index is -0.958. The third-order valence-electron chi connectivity index (χ3n) is 5.03. The van der Waals surface area contributed by atoms with Gasteiger partial charge in [0.2, 0.25) is 11.8 Å². The van der Waals surface area contributed by atoms with Gasteiger partial charge in [0.25, 0.3) is 0 Å². The molecule has 28 heavy (non-hydrogen) atoms. The lowest BCUT2D eigenvalue weighted by Gasteiger charge is -2.39. The molecule has 0 spiro atoms. The second-order valence-electron chi connectivity index (χ2n) is 6.91. The highest BCUT2D eigenvalue weighted by molar-refractivity contribution is 5.96. The molecular weight excluding hydrogens is 358 g/mol. The van der Waals surface area contributed by atoms with Crippen LogP contribution in [-0.2, 0) is 16.1 Å². The highest BCUT2D eigenvalue weighted by Crippen LogP contribution is 2.24. The number of hydrogen-bond donors (Lipinski definition) is 2. The zero-order valence-corrected chi connectivity index (χ0v) is 15.7. The van der Waals surface area contributed by atoms with E-state index in [2.05, 4.69) is 4.90 Å². The number of carbonyl (C=O) groups is 3. The van der Waals surface area contributed by atoms with E-state index in [9.17, 15) is 19.5 Å². The number of primary amides is 1. The summed E-state index contributed by atoms with van der Waals surface area (Å²) in [6.45, 7) is 3.59. The Balaban J connectivity index is 1.72. The molecular formula is C21H23N3O4. The van der Waals surface area contributed by atoms with Gasteiger partial charge in [0.15, 0.2) is 0 Å². The number of carboxylic acid groups (broad SMARTS) is 1. The number of carboxylic acids is 1. The van der Waals surface area contributed by atoms with Crippen LogP contribution in [0.25, 0.3) is 11.1 Å². The topological polar surface area (TPSA) is 104 Å². The van der Waals surface area contributed by atoms with Crippen molar-refractivity contribution in [3.8, 4) is 11.1 Å². The zero-order chi connectivity index (χ0) is 20.3. The summed E-state index contributed by atoms with van der Waals surface area (Å²) in [5.74, 6) is -1.61. The van der Waals surface area contributed by atoms with Crippen LogP contribution in [0, 0.1) is 0 Å². The minimum Gasteiger partial charge on any atom is -0.478 e. The molecule has 0 saturated carbocycles. The second-order valence-corrected chi connectivity index (χ2v) is 6.91. The maximum atomic E-state index is 11.7. The van der Waals surface area contributed by atoms with E-state index in [4.69, 9.17) is 5.73 Å².